The van der Waals surface area contributed by atoms with E-state index < -0.39 is 0 Å². The van der Waals surface area contributed by atoms with Crippen molar-refractivity contribution in [1.82, 2.24) is 29.9 Å². The van der Waals surface area contributed by atoms with E-state index in [2.05, 4.69) is 84.5 Å². The highest BCUT2D eigenvalue weighted by atomic mass is 16.7. The van der Waals surface area contributed by atoms with E-state index in [0.29, 0.717) is 118 Å². The zero-order chi connectivity index (χ0) is 93.1. The normalized spacial score (nSPS) is 15.1. The van der Waals surface area contributed by atoms with Crippen LogP contribution in [0.5, 0.6) is 0 Å². The molecule has 3 fully saturated rings. The molecule has 0 saturated carbocycles. The maximum atomic E-state index is 15.0. The van der Waals surface area contributed by atoms with Crippen LogP contribution in [0, 0.1) is 0 Å². The highest BCUT2D eigenvalue weighted by Crippen LogP contribution is 2.35. The third-order valence-corrected chi connectivity index (χ3v) is 26.5. The van der Waals surface area contributed by atoms with E-state index in [0.717, 1.165) is 171 Å². The predicted molar refractivity (Wildman–Crippen MR) is 563 cm³/mol. The molecule has 19 aromatic rings. The quantitative estimate of drug-likeness (QED) is 0.0738. The van der Waals surface area contributed by atoms with Gasteiger partial charge in [0.05, 0.1) is 19.8 Å². The molecule has 24 bridgehead atoms. The van der Waals surface area contributed by atoms with Crippen LogP contribution in [0.15, 0.2) is 375 Å². The molecule has 138 heavy (non-hydrogen) atoms. The molecule has 3 atom stereocenters. The highest BCUT2D eigenvalue weighted by Gasteiger charge is 2.20. The van der Waals surface area contributed by atoms with Gasteiger partial charge in [0.1, 0.15) is 0 Å². The summed E-state index contributed by atoms with van der Waals surface area (Å²) < 4.78 is 37.6. The maximum absolute atomic E-state index is 15.0. The first-order valence-electron chi connectivity index (χ1n) is 47.2. The summed E-state index contributed by atoms with van der Waals surface area (Å²) in [5, 5.41) is 21.5. The fourth-order valence-corrected chi connectivity index (χ4v) is 19.6. The Morgan fingerprint density at radius 2 is 0.370 bits per heavy atom. The number of benzene rings is 18. The summed E-state index contributed by atoms with van der Waals surface area (Å²) in [5.74, 6) is 0. The average Bonchev–Trinajstić information content (AvgIpc) is 0.767. The number of H-pyrrole nitrogens is 6. The molecule has 3 saturated heterocycles. The lowest BCUT2D eigenvalue weighted by Crippen LogP contribution is -2.21. The topological polar surface area (TPSA) is 253 Å². The van der Waals surface area contributed by atoms with Gasteiger partial charge >= 0.3 is 0 Å². The van der Waals surface area contributed by atoms with Gasteiger partial charge in [-0.1, -0.05) is 146 Å². The summed E-state index contributed by atoms with van der Waals surface area (Å²) in [6, 6.07) is 111. The number of aromatic amines is 6. The van der Waals surface area contributed by atoms with Crippen molar-refractivity contribution in [3.05, 3.63) is 425 Å². The number of rotatable bonds is 9. The molecule has 18 nitrogen and oxygen atoms in total. The fraction of sp³-hybridized carbons (Fsp3) is 0.150. The lowest BCUT2D eigenvalue weighted by molar-refractivity contribution is -0.169. The van der Waals surface area contributed by atoms with Gasteiger partial charge in [0.2, 0.25) is 0 Å². The second-order valence-corrected chi connectivity index (χ2v) is 36.0. The lowest BCUT2D eigenvalue weighted by atomic mass is 10.00. The van der Waals surface area contributed by atoms with Gasteiger partial charge in [-0.05, 0) is 404 Å². The van der Waals surface area contributed by atoms with Crippen LogP contribution >= 0.6 is 0 Å². The van der Waals surface area contributed by atoms with Crippen LogP contribution in [-0.4, -0.2) is 68.6 Å². The molecule has 22 rings (SSSR count). The molecular weight excluding hydrogens is 1720 g/mol. The van der Waals surface area contributed by atoms with Gasteiger partial charge in [0.15, 0.2) is 18.9 Å². The van der Waals surface area contributed by atoms with Crippen LogP contribution in [0.2, 0.25) is 0 Å². The molecule has 18 heteroatoms. The molecule has 3 aliphatic heterocycles. The fourth-order valence-electron chi connectivity index (χ4n) is 19.6. The van der Waals surface area contributed by atoms with Crippen LogP contribution in [-0.2, 0) is 48.2 Å². The van der Waals surface area contributed by atoms with Gasteiger partial charge in [-0.25, -0.2) is 0 Å². The van der Waals surface area contributed by atoms with Crippen molar-refractivity contribution in [2.24, 2.45) is 0 Å². The van der Waals surface area contributed by atoms with Crippen LogP contribution < -0.4 is 33.4 Å². The number of hydrogen-bond acceptors (Lipinski definition) is 12. The zero-order valence-electron chi connectivity index (χ0n) is 75.6. The van der Waals surface area contributed by atoms with E-state index in [1.165, 1.54) is 0 Å². The van der Waals surface area contributed by atoms with E-state index in [1.807, 2.05) is 255 Å². The van der Waals surface area contributed by atoms with Crippen molar-refractivity contribution in [3.8, 4) is 0 Å². The summed E-state index contributed by atoms with van der Waals surface area (Å²) in [4.78, 5) is 109. The van der Waals surface area contributed by atoms with E-state index >= 15 is 28.8 Å². The first-order chi connectivity index (χ1) is 67.7. The SMILES string of the molecule is O=c1[nH]c2cccc(c2)c2cc(COC3CCCCO3)cc(c2)c2cccc(c2)[nH]c(=O)c2cccc3cc4cccc(c(=O)[nH]c5cccc(c5)c5cc(COC6CCCCO6)cc(c5)c5cccc(c5)[nH]c(=O)c5cccc6cc7cccc(c(=O)[nH]c8cccc(c8)c8cc(COC9CCCCO9)cc(c8)c8cccc(c8)[nH]c(=O)c8cccc9cc%10cccc1c%10cc98)c7cc65)c4cc32. The maximum Gasteiger partial charge on any atom is 0.256 e. The largest absolute Gasteiger partial charge is 0.353 e. The van der Waals surface area contributed by atoms with Crippen molar-refractivity contribution in [1.29, 1.82) is 0 Å². The van der Waals surface area contributed by atoms with Crippen molar-refractivity contribution < 1.29 is 28.4 Å². The summed E-state index contributed by atoms with van der Waals surface area (Å²) in [5.41, 5.74) is 4.02. The minimum atomic E-state index is -0.350. The van der Waals surface area contributed by atoms with Gasteiger partial charge < -0.3 is 58.3 Å². The van der Waals surface area contributed by atoms with Gasteiger partial charge in [0, 0.05) is 85.2 Å². The second kappa shape index (κ2) is 38.8. The van der Waals surface area contributed by atoms with Crippen molar-refractivity contribution >= 4 is 195 Å². The molecule has 4 heterocycles. The van der Waals surface area contributed by atoms with E-state index in [9.17, 15) is 0 Å². The Bertz CT molecular complexity index is 7950. The van der Waals surface area contributed by atoms with Gasteiger partial charge in [-0.2, -0.15) is 0 Å². The summed E-state index contributed by atoms with van der Waals surface area (Å²) in [6.45, 7) is 2.67. The minimum Gasteiger partial charge on any atom is -0.353 e. The van der Waals surface area contributed by atoms with Crippen LogP contribution in [0.1, 0.15) is 74.5 Å². The Hall–Kier alpha value is -15.9. The third kappa shape index (κ3) is 19.0. The molecule has 0 spiro atoms. The molecule has 0 radical (unpaired) electrons. The van der Waals surface area contributed by atoms with Gasteiger partial charge in [-0.15, -0.1) is 0 Å². The second-order valence-electron chi connectivity index (χ2n) is 36.0. The first-order valence-corrected chi connectivity index (χ1v) is 47.2. The number of fused-ring (bicyclic) bond motifs is 24. The summed E-state index contributed by atoms with van der Waals surface area (Å²) >= 11 is 0. The van der Waals surface area contributed by atoms with Crippen LogP contribution in [0.4, 0.5) is 0 Å². The molecule has 1 aromatic heterocycles. The molecule has 3 unspecified atom stereocenters. The smallest absolute Gasteiger partial charge is 0.256 e. The Kier molecular flexibility index (Phi) is 24.6. The number of hydrogen-bond donors (Lipinski definition) is 6. The lowest BCUT2D eigenvalue weighted by Gasteiger charge is -2.22. The van der Waals surface area contributed by atoms with E-state index in [-0.39, 0.29) is 72.0 Å². The van der Waals surface area contributed by atoms with Crippen LogP contribution in [0.3, 0.4) is 0 Å². The Morgan fingerprint density at radius 1 is 0.188 bits per heavy atom. The third-order valence-electron chi connectivity index (χ3n) is 26.5. The molecular formula is C120H96N6O12. The summed E-state index contributed by atoms with van der Waals surface area (Å²) in [7, 11) is 0. The molecule has 0 aliphatic carbocycles. The molecule has 18 aromatic carbocycles. The Balaban J connectivity index is 0.733. The number of nitrogens with one attached hydrogen (secondary N) is 6. The molecule has 678 valence electrons. The first kappa shape index (κ1) is 87.4. The average molecular weight is 1810 g/mol. The zero-order valence-corrected chi connectivity index (χ0v) is 75.6. The van der Waals surface area contributed by atoms with E-state index in [4.69, 9.17) is 28.4 Å². The monoisotopic (exact) mass is 1810 g/mol. The number of ether oxygens (including phenoxy) is 6. The van der Waals surface area contributed by atoms with Crippen molar-refractivity contribution in [3.63, 3.8) is 0 Å². The van der Waals surface area contributed by atoms with E-state index in [1.54, 1.807) is 36.4 Å². The van der Waals surface area contributed by atoms with Crippen molar-refractivity contribution in [2.45, 2.75) is 96.5 Å². The highest BCUT2D eigenvalue weighted by molar-refractivity contribution is 6.14. The molecule has 3 aliphatic rings. The number of aromatic nitrogens is 6. The van der Waals surface area contributed by atoms with Crippen molar-refractivity contribution in [2.75, 3.05) is 19.8 Å². The summed E-state index contributed by atoms with van der Waals surface area (Å²) in [6.07, 6.45) is 7.24. The minimum absolute atomic E-state index is 0.265. The Morgan fingerprint density at radius 3 is 0.558 bits per heavy atom. The molecule has 0 amide bonds. The Labute approximate surface area is 789 Å². The van der Waals surface area contributed by atoms with Gasteiger partial charge in [0.25, 0.3) is 33.4 Å². The standard InChI is InChI=1S/C120H96N6O12/c127-115-100-37-13-25-82-55-84-27-15-39-102(108(84)67-106(82)100)117(129)123-96-33-9-21-78(63-96)90-51-74(71-137-113-44-2-5-47-134-113)53-92(59-90)80-23-11-35-98(65-80)125-119(131)104-41-17-29-86-57-87-30-18-42-105(111(87)69-110(86)104)120(132)126-99-36-12-24-81(66-99)93-54-75(72-138-114-45-3-6-48-135-114)52-91(60-93)79-22-10-34-97(64-79)124-118(130)103-40-16-28-85-56-83-26-14-38-101(107(83)68-109(85)103)116(128)122-95-32-8-20-77(62-95)89-50-73(70-136-112-43-1-4-46-133-112)49-88(58-89)76-19-7-31-94(61-76)121-115/h7-42,49-69,112-114H,1-6,43-48,70-72H2,(H,121,127)(H,122,128)(H,123,129)(H,124,130)(H,125,131)(H,126,132). The van der Waals surface area contributed by atoms with Crippen LogP contribution in [0.25, 0.3) is 195 Å². The van der Waals surface area contributed by atoms with Gasteiger partial charge in [-0.3, -0.25) is 28.8 Å². The molecule has 6 N–H and O–H groups in total. The predicted octanol–water partition coefficient (Wildman–Crippen LogP) is 26.1.